The molecule has 0 aliphatic heterocycles. The minimum atomic E-state index is 0.350. The molecule has 1 aliphatic carbocycles. The smallest absolute Gasteiger partial charge is 0.0704 e. The van der Waals surface area contributed by atoms with Crippen molar-refractivity contribution < 1.29 is 5.21 Å². The summed E-state index contributed by atoms with van der Waals surface area (Å²) in [5.74, 6) is 0. The Hall–Kier alpha value is -0.960. The molecule has 1 aliphatic rings. The van der Waals surface area contributed by atoms with Crippen molar-refractivity contribution >= 4 is 17.5 Å². The highest BCUT2D eigenvalue weighted by molar-refractivity contribution is 8.00. The number of rotatable bonds is 2. The average molecular weight is 249 g/mol. The number of hydrogen-bond donors (Lipinski definition) is 1. The zero-order chi connectivity index (χ0) is 11.9. The first kappa shape index (κ1) is 12.5. The van der Waals surface area contributed by atoms with Gasteiger partial charge in [-0.3, -0.25) is 0 Å². The lowest BCUT2D eigenvalue weighted by molar-refractivity contribution is 0.315. The van der Waals surface area contributed by atoms with Crippen LogP contribution >= 0.6 is 11.8 Å². The predicted octanol–water partition coefficient (Wildman–Crippen LogP) is 4.33. The minimum Gasteiger partial charge on any atom is -0.411 e. The molecule has 1 fully saturated rings. The maximum absolute atomic E-state index is 9.13. The SMILES string of the molecule is O/N=C1/CCCCCCC1Sc1ccccc1. The fraction of sp³-hybridized carbons (Fsp3) is 0.500. The van der Waals surface area contributed by atoms with Crippen LogP contribution in [0.25, 0.3) is 0 Å². The summed E-state index contributed by atoms with van der Waals surface area (Å²) in [6, 6.07) is 10.4. The number of benzene rings is 1. The van der Waals surface area contributed by atoms with E-state index >= 15 is 0 Å². The van der Waals surface area contributed by atoms with Crippen molar-refractivity contribution in [3.63, 3.8) is 0 Å². The number of thioether (sulfide) groups is 1. The molecule has 1 aromatic carbocycles. The second-order valence-electron chi connectivity index (χ2n) is 4.46. The van der Waals surface area contributed by atoms with E-state index in [1.807, 2.05) is 17.8 Å². The number of hydrogen-bond acceptors (Lipinski definition) is 3. The van der Waals surface area contributed by atoms with E-state index in [0.717, 1.165) is 25.0 Å². The zero-order valence-electron chi connectivity index (χ0n) is 10.0. The van der Waals surface area contributed by atoms with E-state index in [1.165, 1.54) is 24.2 Å². The highest BCUT2D eigenvalue weighted by atomic mass is 32.2. The second-order valence-corrected chi connectivity index (χ2v) is 5.74. The van der Waals surface area contributed by atoms with Gasteiger partial charge in [0.2, 0.25) is 0 Å². The maximum atomic E-state index is 9.13. The standard InChI is InChI=1S/C14H19NOS/c16-15-13-10-6-1-2-7-11-14(13)17-12-8-4-3-5-9-12/h3-5,8-9,14,16H,1-2,6-7,10-11H2/b15-13-. The summed E-state index contributed by atoms with van der Waals surface area (Å²) in [5, 5.41) is 13.0. The molecule has 3 heteroatoms. The van der Waals surface area contributed by atoms with Gasteiger partial charge in [-0.15, -0.1) is 11.8 Å². The van der Waals surface area contributed by atoms with Crippen LogP contribution in [0.15, 0.2) is 40.4 Å². The third kappa shape index (κ3) is 3.77. The van der Waals surface area contributed by atoms with Crippen LogP contribution in [0.2, 0.25) is 0 Å². The van der Waals surface area contributed by atoms with Crippen LogP contribution in [-0.4, -0.2) is 16.2 Å². The van der Waals surface area contributed by atoms with E-state index in [-0.39, 0.29) is 0 Å². The first-order valence-electron chi connectivity index (χ1n) is 6.32. The van der Waals surface area contributed by atoms with Gasteiger partial charge < -0.3 is 5.21 Å². The van der Waals surface area contributed by atoms with E-state index in [9.17, 15) is 0 Å². The van der Waals surface area contributed by atoms with E-state index in [0.29, 0.717) is 5.25 Å². The lowest BCUT2D eigenvalue weighted by Gasteiger charge is -2.20. The lowest BCUT2D eigenvalue weighted by Crippen LogP contribution is -2.19. The van der Waals surface area contributed by atoms with Crippen molar-refractivity contribution in [2.75, 3.05) is 0 Å². The molecule has 2 rings (SSSR count). The Labute approximate surface area is 107 Å². The molecule has 0 aromatic heterocycles. The topological polar surface area (TPSA) is 32.6 Å². The fourth-order valence-corrected chi connectivity index (χ4v) is 3.45. The third-order valence-electron chi connectivity index (χ3n) is 3.17. The monoisotopic (exact) mass is 249 g/mol. The van der Waals surface area contributed by atoms with Gasteiger partial charge in [-0.05, 0) is 31.4 Å². The largest absolute Gasteiger partial charge is 0.411 e. The van der Waals surface area contributed by atoms with Gasteiger partial charge in [-0.1, -0.05) is 42.6 Å². The zero-order valence-corrected chi connectivity index (χ0v) is 10.8. The van der Waals surface area contributed by atoms with Gasteiger partial charge in [-0.2, -0.15) is 0 Å². The molecule has 1 aromatic rings. The predicted molar refractivity (Wildman–Crippen MR) is 73.0 cm³/mol. The van der Waals surface area contributed by atoms with Crippen molar-refractivity contribution in [1.29, 1.82) is 0 Å². The molecular weight excluding hydrogens is 230 g/mol. The summed E-state index contributed by atoms with van der Waals surface area (Å²) in [5.41, 5.74) is 0.971. The van der Waals surface area contributed by atoms with Crippen LogP contribution in [0, 0.1) is 0 Å². The second kappa shape index (κ2) is 6.70. The van der Waals surface area contributed by atoms with Gasteiger partial charge in [0.25, 0.3) is 0 Å². The Balaban J connectivity index is 2.05. The van der Waals surface area contributed by atoms with E-state index < -0.39 is 0 Å². The average Bonchev–Trinajstić information content (AvgIpc) is 2.34. The Bertz CT molecular complexity index is 364. The van der Waals surface area contributed by atoms with Crippen LogP contribution in [0.4, 0.5) is 0 Å². The van der Waals surface area contributed by atoms with Crippen molar-refractivity contribution in [3.05, 3.63) is 30.3 Å². The molecule has 0 radical (unpaired) electrons. The molecule has 0 bridgehead atoms. The Morgan fingerprint density at radius 3 is 2.59 bits per heavy atom. The molecular formula is C14H19NOS. The molecule has 1 N–H and O–H groups in total. The maximum Gasteiger partial charge on any atom is 0.0704 e. The summed E-state index contributed by atoms with van der Waals surface area (Å²) in [6.45, 7) is 0. The normalized spacial score (nSPS) is 24.2. The molecule has 1 atom stereocenters. The van der Waals surface area contributed by atoms with Crippen LogP contribution in [0.5, 0.6) is 0 Å². The van der Waals surface area contributed by atoms with Gasteiger partial charge in [-0.25, -0.2) is 0 Å². The highest BCUT2D eigenvalue weighted by Crippen LogP contribution is 2.30. The summed E-state index contributed by atoms with van der Waals surface area (Å²) >= 11 is 1.83. The molecule has 1 saturated carbocycles. The van der Waals surface area contributed by atoms with Crippen molar-refractivity contribution in [2.24, 2.45) is 5.16 Å². The molecule has 1 unspecified atom stereocenters. The minimum absolute atomic E-state index is 0.350. The van der Waals surface area contributed by atoms with E-state index in [2.05, 4.69) is 29.4 Å². The Morgan fingerprint density at radius 2 is 1.82 bits per heavy atom. The summed E-state index contributed by atoms with van der Waals surface area (Å²) < 4.78 is 0. The van der Waals surface area contributed by atoms with Crippen LogP contribution < -0.4 is 0 Å². The molecule has 0 amide bonds. The van der Waals surface area contributed by atoms with Gasteiger partial charge >= 0.3 is 0 Å². The van der Waals surface area contributed by atoms with E-state index in [4.69, 9.17) is 5.21 Å². The van der Waals surface area contributed by atoms with Crippen LogP contribution in [-0.2, 0) is 0 Å². The number of nitrogens with zero attached hydrogens (tertiary/aromatic N) is 1. The Kier molecular flexibility index (Phi) is 4.92. The lowest BCUT2D eigenvalue weighted by atomic mass is 9.99. The van der Waals surface area contributed by atoms with Gasteiger partial charge in [0.05, 0.1) is 11.0 Å². The Morgan fingerprint density at radius 1 is 1.06 bits per heavy atom. The first-order chi connectivity index (χ1) is 8.40. The summed E-state index contributed by atoms with van der Waals surface area (Å²) in [4.78, 5) is 1.26. The van der Waals surface area contributed by atoms with Crippen molar-refractivity contribution in [3.8, 4) is 0 Å². The number of oxime groups is 1. The van der Waals surface area contributed by atoms with Crippen molar-refractivity contribution in [2.45, 2.75) is 48.7 Å². The summed E-state index contributed by atoms with van der Waals surface area (Å²) in [6.07, 6.45) is 7.04. The highest BCUT2D eigenvalue weighted by Gasteiger charge is 2.19. The van der Waals surface area contributed by atoms with Gasteiger partial charge in [0.1, 0.15) is 0 Å². The summed E-state index contributed by atoms with van der Waals surface area (Å²) in [7, 11) is 0. The molecule has 0 spiro atoms. The molecule has 0 heterocycles. The first-order valence-corrected chi connectivity index (χ1v) is 7.20. The van der Waals surface area contributed by atoms with Crippen LogP contribution in [0.1, 0.15) is 38.5 Å². The molecule has 92 valence electrons. The van der Waals surface area contributed by atoms with Gasteiger partial charge in [0, 0.05) is 4.90 Å². The van der Waals surface area contributed by atoms with E-state index in [1.54, 1.807) is 0 Å². The molecule has 17 heavy (non-hydrogen) atoms. The molecule has 0 saturated heterocycles. The van der Waals surface area contributed by atoms with Gasteiger partial charge in [0.15, 0.2) is 0 Å². The van der Waals surface area contributed by atoms with Crippen molar-refractivity contribution in [1.82, 2.24) is 0 Å². The quantitative estimate of drug-likeness (QED) is 0.625. The molecule has 2 nitrogen and oxygen atoms in total. The van der Waals surface area contributed by atoms with Crippen LogP contribution in [0.3, 0.4) is 0 Å². The third-order valence-corrected chi connectivity index (χ3v) is 4.51. The fourth-order valence-electron chi connectivity index (χ4n) is 2.22.